The van der Waals surface area contributed by atoms with Crippen LogP contribution in [0.15, 0.2) is 91.0 Å². The molecular weight excluding hydrogens is 446 g/mol. The number of rotatable bonds is 7. The zero-order chi connectivity index (χ0) is 24.9. The molecule has 35 heavy (non-hydrogen) atoms. The molecule has 0 atom stereocenters. The molecule has 4 rings (SSSR count). The third kappa shape index (κ3) is 4.86. The number of methoxy groups -OCH3 is 1. The molecule has 0 amide bonds. The maximum Gasteiger partial charge on any atom is 0.277 e. The maximum absolute atomic E-state index is 12.1. The number of nitrogens with zero attached hydrogens (tertiary/aromatic N) is 2. The van der Waals surface area contributed by atoms with Gasteiger partial charge in [-0.15, -0.1) is 0 Å². The Hall–Kier alpha value is -4.98. The average molecular weight is 467 g/mol. The molecule has 0 aromatic heterocycles. The standard InChI is InChI=1S/C27H21N3O5/c1-35-22-13-9-20(10-14-22)26-25(30(33)34)16-15-23(19-7-11-21(12-8-19)29(31)32)27(26)24(28)17-18-5-3-2-4-6-18/h2-17H,28H2,1H3. The van der Waals surface area contributed by atoms with Gasteiger partial charge in [-0.05, 0) is 58.7 Å². The van der Waals surface area contributed by atoms with Crippen molar-refractivity contribution in [1.82, 2.24) is 0 Å². The smallest absolute Gasteiger partial charge is 0.277 e. The van der Waals surface area contributed by atoms with Crippen LogP contribution >= 0.6 is 0 Å². The van der Waals surface area contributed by atoms with Crippen molar-refractivity contribution in [2.45, 2.75) is 0 Å². The van der Waals surface area contributed by atoms with Crippen molar-refractivity contribution in [1.29, 1.82) is 0 Å². The minimum Gasteiger partial charge on any atom is -0.497 e. The van der Waals surface area contributed by atoms with Crippen LogP contribution < -0.4 is 10.5 Å². The van der Waals surface area contributed by atoms with E-state index in [1.165, 1.54) is 18.2 Å². The molecule has 4 aromatic rings. The largest absolute Gasteiger partial charge is 0.497 e. The molecule has 174 valence electrons. The number of hydrogen-bond acceptors (Lipinski definition) is 6. The van der Waals surface area contributed by atoms with E-state index in [2.05, 4.69) is 0 Å². The number of ether oxygens (including phenoxy) is 1. The summed E-state index contributed by atoms with van der Waals surface area (Å²) in [7, 11) is 1.54. The minimum absolute atomic E-state index is 0.0552. The summed E-state index contributed by atoms with van der Waals surface area (Å²) in [6.45, 7) is 0. The zero-order valence-electron chi connectivity index (χ0n) is 18.8. The van der Waals surface area contributed by atoms with Gasteiger partial charge in [0.05, 0.1) is 22.5 Å². The molecule has 0 aliphatic heterocycles. The lowest BCUT2D eigenvalue weighted by Gasteiger charge is -2.17. The van der Waals surface area contributed by atoms with Gasteiger partial charge in [0.25, 0.3) is 11.4 Å². The third-order valence-electron chi connectivity index (χ3n) is 5.56. The normalized spacial score (nSPS) is 11.2. The van der Waals surface area contributed by atoms with E-state index in [1.54, 1.807) is 55.7 Å². The van der Waals surface area contributed by atoms with E-state index >= 15 is 0 Å². The molecule has 0 saturated heterocycles. The van der Waals surface area contributed by atoms with Gasteiger partial charge in [0.2, 0.25) is 0 Å². The monoisotopic (exact) mass is 467 g/mol. The third-order valence-corrected chi connectivity index (χ3v) is 5.56. The second-order valence-electron chi connectivity index (χ2n) is 7.68. The van der Waals surface area contributed by atoms with Gasteiger partial charge in [0, 0.05) is 29.5 Å². The highest BCUT2D eigenvalue weighted by Gasteiger charge is 2.25. The minimum atomic E-state index is -0.479. The van der Waals surface area contributed by atoms with E-state index < -0.39 is 9.85 Å². The Kier molecular flexibility index (Phi) is 6.55. The summed E-state index contributed by atoms with van der Waals surface area (Å²) in [5.74, 6) is 0.609. The van der Waals surface area contributed by atoms with Crippen LogP contribution in [0.3, 0.4) is 0 Å². The molecule has 0 saturated carbocycles. The van der Waals surface area contributed by atoms with Crippen molar-refractivity contribution < 1.29 is 14.6 Å². The van der Waals surface area contributed by atoms with Crippen molar-refractivity contribution in [3.05, 3.63) is 122 Å². The lowest BCUT2D eigenvalue weighted by Crippen LogP contribution is -2.05. The van der Waals surface area contributed by atoms with E-state index in [1.807, 2.05) is 30.3 Å². The van der Waals surface area contributed by atoms with Gasteiger partial charge < -0.3 is 10.5 Å². The first-order chi connectivity index (χ1) is 16.9. The number of non-ortho nitro benzene ring substituents is 1. The summed E-state index contributed by atoms with van der Waals surface area (Å²) in [5.41, 5.74) is 10.2. The van der Waals surface area contributed by atoms with Crippen molar-refractivity contribution in [3.8, 4) is 28.0 Å². The van der Waals surface area contributed by atoms with Crippen molar-refractivity contribution in [3.63, 3.8) is 0 Å². The van der Waals surface area contributed by atoms with Gasteiger partial charge >= 0.3 is 0 Å². The molecule has 0 bridgehead atoms. The van der Waals surface area contributed by atoms with E-state index in [-0.39, 0.29) is 11.4 Å². The van der Waals surface area contributed by atoms with Crippen molar-refractivity contribution in [2.24, 2.45) is 5.73 Å². The van der Waals surface area contributed by atoms with Crippen LogP contribution in [-0.4, -0.2) is 17.0 Å². The van der Waals surface area contributed by atoms with Crippen LogP contribution in [0.1, 0.15) is 11.1 Å². The van der Waals surface area contributed by atoms with Gasteiger partial charge in [-0.1, -0.05) is 42.5 Å². The highest BCUT2D eigenvalue weighted by Crippen LogP contribution is 2.42. The van der Waals surface area contributed by atoms with Crippen LogP contribution in [0.2, 0.25) is 0 Å². The molecule has 0 aliphatic carbocycles. The van der Waals surface area contributed by atoms with Crippen LogP contribution in [0.5, 0.6) is 5.75 Å². The van der Waals surface area contributed by atoms with Crippen molar-refractivity contribution in [2.75, 3.05) is 7.11 Å². The zero-order valence-corrected chi connectivity index (χ0v) is 18.8. The Morgan fingerprint density at radius 2 is 1.43 bits per heavy atom. The van der Waals surface area contributed by atoms with E-state index in [0.717, 1.165) is 5.56 Å². The predicted molar refractivity (Wildman–Crippen MR) is 136 cm³/mol. The fourth-order valence-corrected chi connectivity index (χ4v) is 3.90. The quantitative estimate of drug-likeness (QED) is 0.193. The Bertz CT molecular complexity index is 1410. The molecule has 8 nitrogen and oxygen atoms in total. The molecule has 4 aromatic carbocycles. The molecule has 8 heteroatoms. The molecule has 0 aliphatic rings. The predicted octanol–water partition coefficient (Wildman–Crippen LogP) is 6.30. The summed E-state index contributed by atoms with van der Waals surface area (Å²) in [6, 6.07) is 25.3. The molecule has 2 N–H and O–H groups in total. The summed E-state index contributed by atoms with van der Waals surface area (Å²) in [6.07, 6.45) is 1.75. The Morgan fingerprint density at radius 1 is 0.800 bits per heavy atom. The molecule has 0 radical (unpaired) electrons. The lowest BCUT2D eigenvalue weighted by atomic mass is 9.88. The van der Waals surface area contributed by atoms with Crippen LogP contribution in [0.25, 0.3) is 34.0 Å². The Balaban J connectivity index is 2.03. The first kappa shape index (κ1) is 23.2. The summed E-state index contributed by atoms with van der Waals surface area (Å²) >= 11 is 0. The second kappa shape index (κ2) is 9.88. The second-order valence-corrected chi connectivity index (χ2v) is 7.68. The summed E-state index contributed by atoms with van der Waals surface area (Å²) in [5, 5.41) is 23.2. The number of nitrogens with two attached hydrogens (primary N) is 1. The Morgan fingerprint density at radius 3 is 2.00 bits per heavy atom. The number of nitro benzene ring substituents is 2. The van der Waals surface area contributed by atoms with Crippen LogP contribution in [0.4, 0.5) is 11.4 Å². The van der Waals surface area contributed by atoms with Gasteiger partial charge in [-0.2, -0.15) is 0 Å². The number of hydrogen-bond donors (Lipinski definition) is 1. The first-order valence-electron chi connectivity index (χ1n) is 10.6. The fourth-order valence-electron chi connectivity index (χ4n) is 3.90. The highest BCUT2D eigenvalue weighted by molar-refractivity contribution is 5.98. The lowest BCUT2D eigenvalue weighted by molar-refractivity contribution is -0.384. The fraction of sp³-hybridized carbons (Fsp3) is 0.0370. The first-order valence-corrected chi connectivity index (χ1v) is 10.6. The van der Waals surface area contributed by atoms with Crippen LogP contribution in [-0.2, 0) is 0 Å². The molecule has 0 heterocycles. The van der Waals surface area contributed by atoms with E-state index in [0.29, 0.717) is 39.3 Å². The highest BCUT2D eigenvalue weighted by atomic mass is 16.6. The summed E-state index contributed by atoms with van der Waals surface area (Å²) in [4.78, 5) is 22.3. The molecular formula is C27H21N3O5. The van der Waals surface area contributed by atoms with Crippen molar-refractivity contribution >= 4 is 23.1 Å². The van der Waals surface area contributed by atoms with E-state index in [9.17, 15) is 20.2 Å². The number of nitro groups is 2. The van der Waals surface area contributed by atoms with Gasteiger partial charge in [0.1, 0.15) is 5.75 Å². The maximum atomic E-state index is 12.1. The SMILES string of the molecule is COc1ccc(-c2c([N+](=O)[O-])ccc(-c3ccc([N+](=O)[O-])cc3)c2C(N)=Cc2ccccc2)cc1. The van der Waals surface area contributed by atoms with Crippen LogP contribution in [0, 0.1) is 20.2 Å². The number of benzene rings is 4. The molecule has 0 fully saturated rings. The Labute approximate surface area is 201 Å². The van der Waals surface area contributed by atoms with Gasteiger partial charge in [-0.3, -0.25) is 20.2 Å². The molecule has 0 spiro atoms. The topological polar surface area (TPSA) is 122 Å². The summed E-state index contributed by atoms with van der Waals surface area (Å²) < 4.78 is 5.24. The van der Waals surface area contributed by atoms with E-state index in [4.69, 9.17) is 10.5 Å². The average Bonchev–Trinajstić information content (AvgIpc) is 2.88. The van der Waals surface area contributed by atoms with Gasteiger partial charge in [-0.25, -0.2) is 0 Å². The molecule has 0 unspecified atom stereocenters. The van der Waals surface area contributed by atoms with Gasteiger partial charge in [0.15, 0.2) is 0 Å².